The minimum absolute atomic E-state index is 0.563. The lowest BCUT2D eigenvalue weighted by molar-refractivity contribution is 0.400. The lowest BCUT2D eigenvalue weighted by Gasteiger charge is -2.18. The quantitative estimate of drug-likeness (QED) is 0.812. The Morgan fingerprint density at radius 3 is 2.90 bits per heavy atom. The van der Waals surface area contributed by atoms with Crippen molar-refractivity contribution in [2.45, 2.75) is 31.7 Å². The van der Waals surface area contributed by atoms with Crippen LogP contribution in [0.5, 0.6) is 5.75 Å². The summed E-state index contributed by atoms with van der Waals surface area (Å²) < 4.78 is 5.49. The van der Waals surface area contributed by atoms with Gasteiger partial charge in [-0.1, -0.05) is 18.2 Å². The van der Waals surface area contributed by atoms with Gasteiger partial charge in [-0.05, 0) is 43.4 Å². The number of para-hydroxylation sites is 1. The van der Waals surface area contributed by atoms with Crippen LogP contribution in [-0.2, 0) is 12.8 Å². The molecule has 1 aromatic carbocycles. The summed E-state index contributed by atoms with van der Waals surface area (Å²) in [5.41, 5.74) is 1.29. The summed E-state index contributed by atoms with van der Waals surface area (Å²) in [6, 6.07) is 9.09. The van der Waals surface area contributed by atoms with Crippen molar-refractivity contribution in [2.24, 2.45) is 5.92 Å². The summed E-state index contributed by atoms with van der Waals surface area (Å²) in [6.45, 7) is 1.06. The maximum Gasteiger partial charge on any atom is 0.122 e. The first kappa shape index (κ1) is 14.5. The van der Waals surface area contributed by atoms with E-state index in [1.165, 1.54) is 23.4 Å². The van der Waals surface area contributed by atoms with Crippen molar-refractivity contribution in [2.75, 3.05) is 13.7 Å². The van der Waals surface area contributed by atoms with Gasteiger partial charge in [0.05, 0.1) is 12.1 Å². The molecule has 1 unspecified atom stereocenters. The average molecular weight is 302 g/mol. The van der Waals surface area contributed by atoms with Gasteiger partial charge in [-0.2, -0.15) is 0 Å². The molecule has 1 N–H and O–H groups in total. The molecule has 2 aromatic rings. The van der Waals surface area contributed by atoms with Crippen LogP contribution in [0.4, 0.5) is 0 Å². The van der Waals surface area contributed by atoms with Crippen LogP contribution in [0.15, 0.2) is 35.8 Å². The lowest BCUT2D eigenvalue weighted by atomic mass is 9.95. The van der Waals surface area contributed by atoms with E-state index >= 15 is 0 Å². The molecule has 0 amide bonds. The molecular weight excluding hydrogens is 280 g/mol. The molecule has 0 spiro atoms. The second-order valence-corrected chi connectivity index (χ2v) is 6.67. The van der Waals surface area contributed by atoms with Gasteiger partial charge in [0.25, 0.3) is 0 Å². The summed E-state index contributed by atoms with van der Waals surface area (Å²) in [7, 11) is 1.75. The van der Waals surface area contributed by atoms with E-state index in [2.05, 4.69) is 27.8 Å². The molecule has 3 rings (SSSR count). The number of benzene rings is 1. The van der Waals surface area contributed by atoms with Crippen LogP contribution in [0.25, 0.3) is 0 Å². The van der Waals surface area contributed by atoms with Crippen LogP contribution in [0, 0.1) is 5.92 Å². The minimum Gasteiger partial charge on any atom is -0.496 e. The molecule has 0 aliphatic heterocycles. The Morgan fingerprint density at radius 1 is 1.33 bits per heavy atom. The molecule has 112 valence electrons. The molecule has 1 atom stereocenters. The SMILES string of the molecule is COc1ccccc1CC(CNC1CC1)Cc1nccs1. The van der Waals surface area contributed by atoms with Crippen molar-refractivity contribution in [3.8, 4) is 5.75 Å². The van der Waals surface area contributed by atoms with E-state index < -0.39 is 0 Å². The van der Waals surface area contributed by atoms with Crippen LogP contribution >= 0.6 is 11.3 Å². The van der Waals surface area contributed by atoms with Crippen molar-refractivity contribution >= 4 is 11.3 Å². The number of nitrogens with zero attached hydrogens (tertiary/aromatic N) is 1. The van der Waals surface area contributed by atoms with Crippen LogP contribution in [-0.4, -0.2) is 24.7 Å². The second-order valence-electron chi connectivity index (χ2n) is 5.69. The van der Waals surface area contributed by atoms with Crippen LogP contribution in [0.1, 0.15) is 23.4 Å². The fourth-order valence-corrected chi connectivity index (χ4v) is 3.35. The fourth-order valence-electron chi connectivity index (χ4n) is 2.62. The van der Waals surface area contributed by atoms with Crippen molar-refractivity contribution in [1.82, 2.24) is 10.3 Å². The Labute approximate surface area is 130 Å². The normalized spacial score (nSPS) is 15.9. The zero-order chi connectivity index (χ0) is 14.5. The molecule has 1 saturated carbocycles. The van der Waals surface area contributed by atoms with Crippen molar-refractivity contribution < 1.29 is 4.74 Å². The minimum atomic E-state index is 0.563. The van der Waals surface area contributed by atoms with E-state index in [9.17, 15) is 0 Å². The second kappa shape index (κ2) is 7.05. The summed E-state index contributed by atoms with van der Waals surface area (Å²) >= 11 is 1.75. The van der Waals surface area contributed by atoms with Gasteiger partial charge in [0, 0.05) is 24.0 Å². The van der Waals surface area contributed by atoms with Crippen LogP contribution in [0.3, 0.4) is 0 Å². The predicted octanol–water partition coefficient (Wildman–Crippen LogP) is 3.31. The zero-order valence-corrected chi connectivity index (χ0v) is 13.2. The van der Waals surface area contributed by atoms with Crippen LogP contribution < -0.4 is 10.1 Å². The summed E-state index contributed by atoms with van der Waals surface area (Å²) in [6.07, 6.45) is 6.63. The maximum absolute atomic E-state index is 5.49. The first-order valence-corrected chi connectivity index (χ1v) is 8.46. The number of ether oxygens (including phenoxy) is 1. The highest BCUT2D eigenvalue weighted by Gasteiger charge is 2.23. The third-order valence-electron chi connectivity index (χ3n) is 3.92. The smallest absolute Gasteiger partial charge is 0.122 e. The first-order valence-electron chi connectivity index (χ1n) is 7.59. The largest absolute Gasteiger partial charge is 0.496 e. The third-order valence-corrected chi connectivity index (χ3v) is 4.72. The molecule has 4 heteroatoms. The maximum atomic E-state index is 5.49. The fraction of sp³-hybridized carbons (Fsp3) is 0.471. The highest BCUT2D eigenvalue weighted by atomic mass is 32.1. The molecule has 1 heterocycles. The highest BCUT2D eigenvalue weighted by Crippen LogP contribution is 2.25. The van der Waals surface area contributed by atoms with Gasteiger partial charge in [-0.15, -0.1) is 11.3 Å². The van der Waals surface area contributed by atoms with Crippen LogP contribution in [0.2, 0.25) is 0 Å². The molecule has 3 nitrogen and oxygen atoms in total. The van der Waals surface area contributed by atoms with Gasteiger partial charge in [0.15, 0.2) is 0 Å². The molecular formula is C17H22N2OS. The Kier molecular flexibility index (Phi) is 4.88. The van der Waals surface area contributed by atoms with Crippen molar-refractivity contribution in [3.05, 3.63) is 46.4 Å². The molecule has 0 bridgehead atoms. The number of hydrogen-bond acceptors (Lipinski definition) is 4. The van der Waals surface area contributed by atoms with Gasteiger partial charge in [-0.3, -0.25) is 0 Å². The third kappa shape index (κ3) is 4.29. The summed E-state index contributed by atoms with van der Waals surface area (Å²) in [5, 5.41) is 6.95. The van der Waals surface area contributed by atoms with Gasteiger partial charge >= 0.3 is 0 Å². The lowest BCUT2D eigenvalue weighted by Crippen LogP contribution is -2.27. The number of thiazole rings is 1. The predicted molar refractivity (Wildman–Crippen MR) is 87.0 cm³/mol. The van der Waals surface area contributed by atoms with E-state index in [4.69, 9.17) is 4.74 Å². The molecule has 1 fully saturated rings. The summed E-state index contributed by atoms with van der Waals surface area (Å²) in [5.74, 6) is 1.56. The van der Waals surface area contributed by atoms with Crippen molar-refractivity contribution in [1.29, 1.82) is 0 Å². The van der Waals surface area contributed by atoms with E-state index in [1.54, 1.807) is 18.4 Å². The molecule has 1 aliphatic rings. The van der Waals surface area contributed by atoms with Crippen molar-refractivity contribution in [3.63, 3.8) is 0 Å². The average Bonchev–Trinajstić information content (AvgIpc) is 3.21. The van der Waals surface area contributed by atoms with E-state index in [0.717, 1.165) is 31.2 Å². The standard InChI is InChI=1S/C17H22N2OS/c1-20-16-5-3-2-4-14(16)10-13(12-19-15-6-7-15)11-17-18-8-9-21-17/h2-5,8-9,13,15,19H,6-7,10-12H2,1H3. The van der Waals surface area contributed by atoms with Gasteiger partial charge in [0.1, 0.15) is 5.75 Å². The topological polar surface area (TPSA) is 34.1 Å². The molecule has 0 saturated heterocycles. The molecule has 1 aliphatic carbocycles. The van der Waals surface area contributed by atoms with E-state index in [1.807, 2.05) is 18.3 Å². The zero-order valence-electron chi connectivity index (χ0n) is 12.4. The summed E-state index contributed by atoms with van der Waals surface area (Å²) in [4.78, 5) is 4.44. The number of hydrogen-bond donors (Lipinski definition) is 1. The molecule has 0 radical (unpaired) electrons. The number of aromatic nitrogens is 1. The van der Waals surface area contributed by atoms with Gasteiger partial charge < -0.3 is 10.1 Å². The Balaban J connectivity index is 1.67. The first-order chi connectivity index (χ1) is 10.3. The number of methoxy groups -OCH3 is 1. The Bertz CT molecular complexity index is 552. The Morgan fingerprint density at radius 2 is 2.19 bits per heavy atom. The number of rotatable bonds is 8. The van der Waals surface area contributed by atoms with E-state index in [-0.39, 0.29) is 0 Å². The van der Waals surface area contributed by atoms with Gasteiger partial charge in [0.2, 0.25) is 0 Å². The monoisotopic (exact) mass is 302 g/mol. The highest BCUT2D eigenvalue weighted by molar-refractivity contribution is 7.09. The number of nitrogens with one attached hydrogen (secondary N) is 1. The molecule has 1 aromatic heterocycles. The Hall–Kier alpha value is -1.39. The van der Waals surface area contributed by atoms with Gasteiger partial charge in [-0.25, -0.2) is 4.98 Å². The molecule has 21 heavy (non-hydrogen) atoms. The van der Waals surface area contributed by atoms with E-state index in [0.29, 0.717) is 5.92 Å².